The summed E-state index contributed by atoms with van der Waals surface area (Å²) in [5.41, 5.74) is 0.589. The van der Waals surface area contributed by atoms with E-state index in [1.54, 1.807) is 29.3 Å². The highest BCUT2D eigenvalue weighted by Gasteiger charge is 2.78. The summed E-state index contributed by atoms with van der Waals surface area (Å²) in [6.07, 6.45) is 0. The minimum absolute atomic E-state index is 0.00107. The van der Waals surface area contributed by atoms with Gasteiger partial charge in [-0.15, -0.1) is 5.10 Å². The number of hydrogen-bond donors (Lipinski definition) is 0. The van der Waals surface area contributed by atoms with E-state index >= 15 is 0 Å². The molecule has 0 aromatic heterocycles. The Balaban J connectivity index is 1.88. The van der Waals surface area contributed by atoms with Gasteiger partial charge in [-0.3, -0.25) is 20.2 Å². The van der Waals surface area contributed by atoms with Gasteiger partial charge in [0.25, 0.3) is 11.4 Å². The largest absolute Gasteiger partial charge is 0.336 e. The molecule has 10 heteroatoms. The molecule has 32 heavy (non-hydrogen) atoms. The van der Waals surface area contributed by atoms with Crippen LogP contribution in [-0.4, -0.2) is 38.6 Å². The van der Waals surface area contributed by atoms with E-state index in [0.29, 0.717) is 23.7 Å². The van der Waals surface area contributed by atoms with Crippen LogP contribution < -0.4 is 5.01 Å². The van der Waals surface area contributed by atoms with Crippen molar-refractivity contribution in [3.8, 4) is 0 Å². The highest BCUT2D eigenvalue weighted by Crippen LogP contribution is 2.64. The average molecular weight is 439 g/mol. The Bertz CT molecular complexity index is 1110. The van der Waals surface area contributed by atoms with E-state index in [1.807, 2.05) is 6.92 Å². The smallest absolute Gasteiger partial charge is 0.269 e. The van der Waals surface area contributed by atoms with Crippen LogP contribution >= 0.6 is 0 Å². The molecule has 0 radical (unpaired) electrons. The number of non-ortho nitro benzene ring substituents is 2. The highest BCUT2D eigenvalue weighted by molar-refractivity contribution is 6.03. The summed E-state index contributed by atoms with van der Waals surface area (Å²) in [6, 6.07) is 12.4. The van der Waals surface area contributed by atoms with Gasteiger partial charge in [0.2, 0.25) is 5.85 Å². The van der Waals surface area contributed by atoms with Gasteiger partial charge in [0.15, 0.2) is 5.84 Å². The second-order valence-corrected chi connectivity index (χ2v) is 8.87. The van der Waals surface area contributed by atoms with Crippen molar-refractivity contribution in [1.29, 1.82) is 0 Å². The van der Waals surface area contributed by atoms with Crippen LogP contribution in [0, 0.1) is 25.6 Å². The van der Waals surface area contributed by atoms with Crippen LogP contribution in [0.15, 0.2) is 53.6 Å². The van der Waals surface area contributed by atoms with Crippen molar-refractivity contribution in [3.63, 3.8) is 0 Å². The number of nitro groups is 2. The molecule has 0 aliphatic carbocycles. The van der Waals surface area contributed by atoms with E-state index in [-0.39, 0.29) is 16.9 Å². The molecular weight excluding hydrogens is 414 g/mol. The van der Waals surface area contributed by atoms with Crippen LogP contribution in [0.4, 0.5) is 17.1 Å². The molecule has 2 aromatic carbocycles. The Hall–Kier alpha value is -3.53. The van der Waals surface area contributed by atoms with E-state index in [4.69, 9.17) is 9.84 Å². The van der Waals surface area contributed by atoms with Gasteiger partial charge >= 0.3 is 0 Å². The zero-order valence-electron chi connectivity index (χ0n) is 18.6. The predicted molar refractivity (Wildman–Crippen MR) is 119 cm³/mol. The zero-order valence-corrected chi connectivity index (χ0v) is 18.6. The second kappa shape index (κ2) is 6.99. The molecule has 1 atom stereocenters. The van der Waals surface area contributed by atoms with Crippen LogP contribution in [0.1, 0.15) is 40.2 Å². The van der Waals surface area contributed by atoms with Crippen molar-refractivity contribution in [2.45, 2.75) is 46.0 Å². The maximum Gasteiger partial charge on any atom is 0.269 e. The minimum Gasteiger partial charge on any atom is -0.336 e. The number of fused-ring (bicyclic) bond motifs is 1. The Morgan fingerprint density at radius 2 is 1.41 bits per heavy atom. The molecule has 0 N–H and O–H groups in total. The number of nitrogens with zero attached hydrogens (tertiary/aromatic N) is 5. The third-order valence-corrected chi connectivity index (χ3v) is 6.89. The van der Waals surface area contributed by atoms with Crippen molar-refractivity contribution in [2.24, 2.45) is 10.5 Å². The molecular formula is C22H25N5O5. The highest BCUT2D eigenvalue weighted by atomic mass is 16.6. The lowest BCUT2D eigenvalue weighted by molar-refractivity contribution is -0.385. The molecule has 168 valence electrons. The number of anilines is 1. The normalized spacial score (nSPS) is 22.7. The molecule has 0 amide bonds. The molecule has 1 saturated heterocycles. The van der Waals surface area contributed by atoms with E-state index in [9.17, 15) is 20.2 Å². The summed E-state index contributed by atoms with van der Waals surface area (Å²) in [5.74, 6) is -0.339. The summed E-state index contributed by atoms with van der Waals surface area (Å²) in [5, 5.41) is 28.9. The molecule has 2 aromatic rings. The predicted octanol–water partition coefficient (Wildman–Crippen LogP) is 4.50. The standard InChI is InChI=1S/C22H25N5O5/c1-6-32-22-20(2,3)21(4,5)24(22)19(15-7-9-17(10-8-15)26(28)29)23-25(22)16-11-13-18(14-12-16)27(30)31/h7-14H,6H2,1-5H3. The molecule has 0 spiro atoms. The van der Waals surface area contributed by atoms with Gasteiger partial charge < -0.3 is 9.64 Å². The minimum atomic E-state index is -0.960. The van der Waals surface area contributed by atoms with Crippen LogP contribution in [0.2, 0.25) is 0 Å². The first-order chi connectivity index (χ1) is 15.0. The van der Waals surface area contributed by atoms with E-state index < -0.39 is 21.1 Å². The van der Waals surface area contributed by atoms with E-state index in [1.165, 1.54) is 24.3 Å². The summed E-state index contributed by atoms with van der Waals surface area (Å²) in [4.78, 5) is 23.4. The van der Waals surface area contributed by atoms with Gasteiger partial charge in [0.1, 0.15) is 0 Å². The van der Waals surface area contributed by atoms with Crippen LogP contribution in [0.3, 0.4) is 0 Å². The maximum atomic E-state index is 11.1. The topological polar surface area (TPSA) is 114 Å². The summed E-state index contributed by atoms with van der Waals surface area (Å²) < 4.78 is 6.39. The average Bonchev–Trinajstić information content (AvgIpc) is 3.09. The van der Waals surface area contributed by atoms with Crippen molar-refractivity contribution in [2.75, 3.05) is 11.6 Å². The molecule has 10 nitrogen and oxygen atoms in total. The summed E-state index contributed by atoms with van der Waals surface area (Å²) in [6.45, 7) is 10.7. The number of hydrazone groups is 1. The zero-order chi connectivity index (χ0) is 23.5. The first-order valence-electron chi connectivity index (χ1n) is 10.3. The van der Waals surface area contributed by atoms with Crippen molar-refractivity contribution >= 4 is 22.9 Å². The van der Waals surface area contributed by atoms with Gasteiger partial charge in [0, 0.05) is 36.4 Å². The van der Waals surface area contributed by atoms with E-state index in [2.05, 4.69) is 32.6 Å². The molecule has 0 bridgehead atoms. The number of hydrogen-bond acceptors (Lipinski definition) is 8. The SMILES string of the molecule is CCOC12N(c3ccc([N+](=O)[O-])cc3)N=C(c3ccc([N+](=O)[O-])cc3)N1C(C)(C)C2(C)C. The fraction of sp³-hybridized carbons (Fsp3) is 0.409. The van der Waals surface area contributed by atoms with Crippen molar-refractivity contribution in [3.05, 3.63) is 74.3 Å². The lowest BCUT2D eigenvalue weighted by Gasteiger charge is -2.72. The molecule has 0 saturated carbocycles. The molecule has 1 unspecified atom stereocenters. The number of benzene rings is 2. The number of nitro benzene ring substituents is 2. The van der Waals surface area contributed by atoms with Crippen molar-refractivity contribution in [1.82, 2.24) is 4.90 Å². The van der Waals surface area contributed by atoms with Gasteiger partial charge in [-0.2, -0.15) is 0 Å². The van der Waals surface area contributed by atoms with Crippen LogP contribution in [0.25, 0.3) is 0 Å². The lowest BCUT2D eigenvalue weighted by Crippen LogP contribution is -2.87. The van der Waals surface area contributed by atoms with Gasteiger partial charge in [-0.05, 0) is 45.0 Å². The number of rotatable bonds is 6. The maximum absolute atomic E-state index is 11.1. The van der Waals surface area contributed by atoms with Gasteiger partial charge in [-0.1, -0.05) is 13.8 Å². The fourth-order valence-corrected chi connectivity index (χ4v) is 4.63. The molecule has 2 heterocycles. The monoisotopic (exact) mass is 439 g/mol. The van der Waals surface area contributed by atoms with E-state index in [0.717, 1.165) is 0 Å². The Labute approximate surface area is 185 Å². The number of ether oxygens (including phenoxy) is 1. The summed E-state index contributed by atoms with van der Waals surface area (Å²) in [7, 11) is 0. The Morgan fingerprint density at radius 3 is 1.88 bits per heavy atom. The quantitative estimate of drug-likeness (QED) is 0.481. The molecule has 2 aliphatic heterocycles. The third-order valence-electron chi connectivity index (χ3n) is 6.89. The number of amidine groups is 1. The lowest BCUT2D eigenvalue weighted by atomic mass is 9.59. The third kappa shape index (κ3) is 2.65. The second-order valence-electron chi connectivity index (χ2n) is 8.87. The fourth-order valence-electron chi connectivity index (χ4n) is 4.63. The van der Waals surface area contributed by atoms with Crippen molar-refractivity contribution < 1.29 is 14.6 Å². The Morgan fingerprint density at radius 1 is 0.906 bits per heavy atom. The molecule has 2 aliphatic rings. The molecule has 1 fully saturated rings. The first kappa shape index (κ1) is 21.7. The van der Waals surface area contributed by atoms with Gasteiger partial charge in [-0.25, -0.2) is 5.01 Å². The molecule has 4 rings (SSSR count). The van der Waals surface area contributed by atoms with Gasteiger partial charge in [0.05, 0.1) is 26.5 Å². The first-order valence-corrected chi connectivity index (χ1v) is 10.3. The van der Waals surface area contributed by atoms with Crippen LogP contribution in [-0.2, 0) is 4.74 Å². The Kier molecular flexibility index (Phi) is 4.74. The van der Waals surface area contributed by atoms with Crippen LogP contribution in [0.5, 0.6) is 0 Å². The summed E-state index contributed by atoms with van der Waals surface area (Å²) >= 11 is 0.